The molecular weight excluding hydrogens is 325 g/mol. The number of hydrogen-bond donors (Lipinski definition) is 4. The summed E-state index contributed by atoms with van der Waals surface area (Å²) in [6, 6.07) is 0. The summed E-state index contributed by atoms with van der Waals surface area (Å²) in [6.07, 6.45) is -1.86. The fourth-order valence-corrected chi connectivity index (χ4v) is 1.18. The van der Waals surface area contributed by atoms with Gasteiger partial charge in [-0.05, 0) is 0 Å². The van der Waals surface area contributed by atoms with E-state index < -0.39 is 48.6 Å². The summed E-state index contributed by atoms with van der Waals surface area (Å²) in [6.45, 7) is 0. The van der Waals surface area contributed by atoms with Gasteiger partial charge in [-0.3, -0.25) is 19.2 Å². The summed E-state index contributed by atoms with van der Waals surface area (Å²) < 4.78 is 0. The van der Waals surface area contributed by atoms with Gasteiger partial charge in [-0.15, -0.1) is 0 Å². The van der Waals surface area contributed by atoms with E-state index in [2.05, 4.69) is 0 Å². The zero-order valence-electron chi connectivity index (χ0n) is 8.34. The summed E-state index contributed by atoms with van der Waals surface area (Å²) in [5.74, 6) is -9.79. The van der Waals surface area contributed by atoms with E-state index in [1.807, 2.05) is 0 Å². The molecule has 0 aliphatic heterocycles. The van der Waals surface area contributed by atoms with Crippen molar-refractivity contribution in [1.82, 2.24) is 0 Å². The molecular formula is C8H10O8Ru. The number of hydrogen-bond acceptors (Lipinski definition) is 4. The molecule has 2 atom stereocenters. The SMILES string of the molecule is O=C(O)CC(C(=O)O)C(CC(=O)O)C(=O)O.[Ru]. The van der Waals surface area contributed by atoms with E-state index in [1.165, 1.54) is 0 Å². The second kappa shape index (κ2) is 7.72. The van der Waals surface area contributed by atoms with E-state index in [-0.39, 0.29) is 19.5 Å². The molecule has 0 saturated heterocycles. The maximum Gasteiger partial charge on any atom is 0.307 e. The van der Waals surface area contributed by atoms with Crippen molar-refractivity contribution < 1.29 is 59.1 Å². The molecule has 0 radical (unpaired) electrons. The molecule has 0 aliphatic rings. The quantitative estimate of drug-likeness (QED) is 0.448. The summed E-state index contributed by atoms with van der Waals surface area (Å²) in [5.41, 5.74) is 0. The topological polar surface area (TPSA) is 149 Å². The van der Waals surface area contributed by atoms with Crippen LogP contribution < -0.4 is 0 Å². The Bertz CT molecular complexity index is 293. The van der Waals surface area contributed by atoms with E-state index in [9.17, 15) is 19.2 Å². The van der Waals surface area contributed by atoms with E-state index in [1.54, 1.807) is 0 Å². The van der Waals surface area contributed by atoms with Crippen molar-refractivity contribution in [3.8, 4) is 0 Å². The second-order valence-electron chi connectivity index (χ2n) is 3.09. The minimum Gasteiger partial charge on any atom is -0.481 e. The molecule has 0 aliphatic carbocycles. The van der Waals surface area contributed by atoms with Crippen LogP contribution in [0, 0.1) is 11.8 Å². The molecule has 0 saturated carbocycles. The van der Waals surface area contributed by atoms with Crippen LogP contribution in [0.25, 0.3) is 0 Å². The third-order valence-electron chi connectivity index (χ3n) is 1.91. The van der Waals surface area contributed by atoms with E-state index in [4.69, 9.17) is 20.4 Å². The average molecular weight is 335 g/mol. The first-order chi connectivity index (χ1) is 7.25. The molecule has 98 valence electrons. The molecule has 0 rings (SSSR count). The third kappa shape index (κ3) is 6.62. The van der Waals surface area contributed by atoms with Crippen molar-refractivity contribution in [2.24, 2.45) is 11.8 Å². The minimum atomic E-state index is -1.76. The van der Waals surface area contributed by atoms with Crippen LogP contribution in [-0.4, -0.2) is 44.3 Å². The largest absolute Gasteiger partial charge is 0.481 e. The Kier molecular flexibility index (Phi) is 8.13. The van der Waals surface area contributed by atoms with Gasteiger partial charge in [0.1, 0.15) is 0 Å². The second-order valence-corrected chi connectivity index (χ2v) is 3.09. The van der Waals surface area contributed by atoms with Gasteiger partial charge in [0.2, 0.25) is 0 Å². The smallest absolute Gasteiger partial charge is 0.307 e. The van der Waals surface area contributed by atoms with Crippen LogP contribution in [0.5, 0.6) is 0 Å². The molecule has 0 aromatic heterocycles. The zero-order chi connectivity index (χ0) is 12.9. The number of rotatable bonds is 7. The fraction of sp³-hybridized carbons (Fsp3) is 0.500. The predicted octanol–water partition coefficient (Wildman–Crippen LogP) is -0.665. The first-order valence-corrected chi connectivity index (χ1v) is 4.15. The molecule has 0 amide bonds. The predicted molar refractivity (Wildman–Crippen MR) is 46.8 cm³/mol. The molecule has 0 bridgehead atoms. The monoisotopic (exact) mass is 336 g/mol. The van der Waals surface area contributed by atoms with Gasteiger partial charge < -0.3 is 20.4 Å². The first kappa shape index (κ1) is 17.9. The van der Waals surface area contributed by atoms with Crippen molar-refractivity contribution in [2.75, 3.05) is 0 Å². The Morgan fingerprint density at radius 2 is 0.941 bits per heavy atom. The Morgan fingerprint density at radius 3 is 1.06 bits per heavy atom. The fourth-order valence-electron chi connectivity index (χ4n) is 1.18. The number of carbonyl (C=O) groups is 4. The van der Waals surface area contributed by atoms with Gasteiger partial charge in [0.15, 0.2) is 0 Å². The molecule has 17 heavy (non-hydrogen) atoms. The van der Waals surface area contributed by atoms with Gasteiger partial charge in [0.25, 0.3) is 0 Å². The molecule has 0 aromatic rings. The molecule has 0 spiro atoms. The molecule has 0 heterocycles. The summed E-state index contributed by atoms with van der Waals surface area (Å²) in [7, 11) is 0. The standard InChI is InChI=1S/C8H10O8.Ru/c9-5(10)1-3(7(13)14)4(8(15)16)2-6(11)12;/h3-4H,1-2H2,(H,9,10)(H,11,12)(H,13,14)(H,15,16);. The zero-order valence-corrected chi connectivity index (χ0v) is 10.1. The number of carboxylic acid groups (broad SMARTS) is 4. The summed E-state index contributed by atoms with van der Waals surface area (Å²) in [5, 5.41) is 34.1. The maximum absolute atomic E-state index is 10.6. The molecule has 2 unspecified atom stereocenters. The van der Waals surface area contributed by atoms with Gasteiger partial charge in [0.05, 0.1) is 24.7 Å². The van der Waals surface area contributed by atoms with Crippen molar-refractivity contribution in [1.29, 1.82) is 0 Å². The van der Waals surface area contributed by atoms with Crippen LogP contribution in [0.1, 0.15) is 12.8 Å². The van der Waals surface area contributed by atoms with Gasteiger partial charge in [-0.25, -0.2) is 0 Å². The van der Waals surface area contributed by atoms with E-state index >= 15 is 0 Å². The summed E-state index contributed by atoms with van der Waals surface area (Å²) >= 11 is 0. The van der Waals surface area contributed by atoms with Gasteiger partial charge in [-0.2, -0.15) is 0 Å². The molecule has 9 heteroatoms. The van der Waals surface area contributed by atoms with Gasteiger partial charge in [0, 0.05) is 19.5 Å². The Labute approximate surface area is 108 Å². The van der Waals surface area contributed by atoms with Crippen LogP contribution in [0.2, 0.25) is 0 Å². The minimum absolute atomic E-state index is 0. The van der Waals surface area contributed by atoms with Crippen molar-refractivity contribution in [3.05, 3.63) is 0 Å². The number of aliphatic carboxylic acids is 4. The third-order valence-corrected chi connectivity index (χ3v) is 1.91. The summed E-state index contributed by atoms with van der Waals surface area (Å²) in [4.78, 5) is 41.9. The van der Waals surface area contributed by atoms with E-state index in [0.717, 1.165) is 0 Å². The van der Waals surface area contributed by atoms with Crippen LogP contribution >= 0.6 is 0 Å². The van der Waals surface area contributed by atoms with Crippen LogP contribution in [0.15, 0.2) is 0 Å². The van der Waals surface area contributed by atoms with Crippen molar-refractivity contribution in [3.63, 3.8) is 0 Å². The van der Waals surface area contributed by atoms with Gasteiger partial charge in [-0.1, -0.05) is 0 Å². The number of carboxylic acids is 4. The first-order valence-electron chi connectivity index (χ1n) is 4.15. The van der Waals surface area contributed by atoms with Gasteiger partial charge >= 0.3 is 23.9 Å². The van der Waals surface area contributed by atoms with E-state index in [0.29, 0.717) is 0 Å². The van der Waals surface area contributed by atoms with Crippen LogP contribution in [-0.2, 0) is 38.7 Å². The Morgan fingerprint density at radius 1 is 0.706 bits per heavy atom. The Balaban J connectivity index is 0. The average Bonchev–Trinajstić information content (AvgIpc) is 2.09. The molecule has 0 fully saturated rings. The van der Waals surface area contributed by atoms with Crippen LogP contribution in [0.4, 0.5) is 0 Å². The molecule has 8 nitrogen and oxygen atoms in total. The van der Waals surface area contributed by atoms with Crippen LogP contribution in [0.3, 0.4) is 0 Å². The molecule has 4 N–H and O–H groups in total. The van der Waals surface area contributed by atoms with Crippen molar-refractivity contribution in [2.45, 2.75) is 12.8 Å². The van der Waals surface area contributed by atoms with Crippen molar-refractivity contribution >= 4 is 23.9 Å². The normalized spacial score (nSPS) is 12.9. The maximum atomic E-state index is 10.6. The molecule has 0 aromatic carbocycles. The Hall–Kier alpha value is -1.50.